The van der Waals surface area contributed by atoms with Crippen LogP contribution in [0.2, 0.25) is 0 Å². The second kappa shape index (κ2) is 5.11. The van der Waals surface area contributed by atoms with Crippen molar-refractivity contribution in [1.29, 1.82) is 0 Å². The van der Waals surface area contributed by atoms with Crippen LogP contribution in [0.15, 0.2) is 22.4 Å². The molecule has 3 heterocycles. The van der Waals surface area contributed by atoms with Crippen molar-refractivity contribution in [2.24, 2.45) is 7.05 Å². The maximum absolute atomic E-state index is 13.0. The highest BCUT2D eigenvalue weighted by Crippen LogP contribution is 2.39. The van der Waals surface area contributed by atoms with Crippen molar-refractivity contribution >= 4 is 27.2 Å². The average Bonchev–Trinajstić information content (AvgIpc) is 3.11. The molecule has 1 saturated heterocycles. The molecule has 2 N–H and O–H groups in total. The lowest BCUT2D eigenvalue weighted by molar-refractivity contribution is 0.401. The van der Waals surface area contributed by atoms with Crippen LogP contribution in [0.1, 0.15) is 29.5 Å². The number of aromatic nitrogens is 2. The summed E-state index contributed by atoms with van der Waals surface area (Å²) in [4.78, 5) is 1.23. The molecule has 8 heteroatoms. The third-order valence-corrected chi connectivity index (χ3v) is 6.99. The molecule has 1 fully saturated rings. The first-order valence-electron chi connectivity index (χ1n) is 6.77. The minimum absolute atomic E-state index is 0.0758. The summed E-state index contributed by atoms with van der Waals surface area (Å²) in [5.41, 5.74) is 6.40. The Labute approximate surface area is 128 Å². The molecule has 0 bridgehead atoms. The van der Waals surface area contributed by atoms with E-state index in [4.69, 9.17) is 5.73 Å². The van der Waals surface area contributed by atoms with E-state index in [0.717, 1.165) is 17.7 Å². The van der Waals surface area contributed by atoms with E-state index in [1.54, 1.807) is 29.6 Å². The Hall–Kier alpha value is -1.38. The summed E-state index contributed by atoms with van der Waals surface area (Å²) in [6, 6.07) is 3.85. The summed E-state index contributed by atoms with van der Waals surface area (Å²) >= 11 is 1.59. The minimum atomic E-state index is -3.62. The van der Waals surface area contributed by atoms with E-state index in [2.05, 4.69) is 5.10 Å². The van der Waals surface area contributed by atoms with E-state index < -0.39 is 10.0 Å². The van der Waals surface area contributed by atoms with Crippen LogP contribution in [0.4, 0.5) is 5.82 Å². The Morgan fingerprint density at radius 2 is 2.24 bits per heavy atom. The molecule has 1 aliphatic heterocycles. The van der Waals surface area contributed by atoms with Crippen molar-refractivity contribution in [1.82, 2.24) is 14.1 Å². The lowest BCUT2D eigenvalue weighted by Gasteiger charge is -2.23. The van der Waals surface area contributed by atoms with Gasteiger partial charge < -0.3 is 5.73 Å². The molecule has 2 aromatic rings. The van der Waals surface area contributed by atoms with Gasteiger partial charge in [-0.3, -0.25) is 4.68 Å². The largest absolute Gasteiger partial charge is 0.381 e. The van der Waals surface area contributed by atoms with Crippen molar-refractivity contribution in [3.63, 3.8) is 0 Å². The van der Waals surface area contributed by atoms with Gasteiger partial charge in [0, 0.05) is 18.5 Å². The van der Waals surface area contributed by atoms with E-state index in [1.165, 1.54) is 4.68 Å². The first-order valence-corrected chi connectivity index (χ1v) is 9.09. The maximum atomic E-state index is 13.0. The first-order chi connectivity index (χ1) is 9.93. The number of thiophene rings is 1. The Kier molecular flexibility index (Phi) is 3.54. The van der Waals surface area contributed by atoms with Crippen molar-refractivity contribution in [2.75, 3.05) is 12.3 Å². The molecule has 114 valence electrons. The fourth-order valence-corrected chi connectivity index (χ4v) is 5.75. The predicted octanol–water partition coefficient (Wildman–Crippen LogP) is 1.90. The fourth-order valence-electron chi connectivity index (χ4n) is 2.84. The molecule has 3 rings (SSSR count). The van der Waals surface area contributed by atoms with Crippen LogP contribution in [-0.4, -0.2) is 29.0 Å². The first kappa shape index (κ1) is 14.6. The molecule has 2 aromatic heterocycles. The third-order valence-electron chi connectivity index (χ3n) is 3.95. The molecule has 0 saturated carbocycles. The summed E-state index contributed by atoms with van der Waals surface area (Å²) in [7, 11) is -1.92. The molecule has 1 aliphatic rings. The highest BCUT2D eigenvalue weighted by molar-refractivity contribution is 7.89. The van der Waals surface area contributed by atoms with Gasteiger partial charge in [-0.1, -0.05) is 6.07 Å². The number of nitrogen functional groups attached to an aromatic ring is 1. The zero-order valence-electron chi connectivity index (χ0n) is 12.0. The number of aryl methyl sites for hydroxylation is 1. The van der Waals surface area contributed by atoms with Crippen molar-refractivity contribution in [3.05, 3.63) is 28.1 Å². The molecule has 21 heavy (non-hydrogen) atoms. The van der Waals surface area contributed by atoms with Crippen LogP contribution in [0.5, 0.6) is 0 Å². The Morgan fingerprint density at radius 3 is 2.81 bits per heavy atom. The number of sulfonamides is 1. The van der Waals surface area contributed by atoms with Crippen molar-refractivity contribution in [2.45, 2.75) is 30.7 Å². The summed E-state index contributed by atoms with van der Waals surface area (Å²) in [5.74, 6) is 0.0758. The summed E-state index contributed by atoms with van der Waals surface area (Å²) < 4.78 is 29.1. The average molecular weight is 326 g/mol. The van der Waals surface area contributed by atoms with Gasteiger partial charge in [0.1, 0.15) is 4.90 Å². The quantitative estimate of drug-likeness (QED) is 0.934. The van der Waals surface area contributed by atoms with Crippen LogP contribution >= 0.6 is 11.3 Å². The smallest absolute Gasteiger partial charge is 0.249 e. The van der Waals surface area contributed by atoms with Gasteiger partial charge in [-0.25, -0.2) is 8.42 Å². The predicted molar refractivity (Wildman–Crippen MR) is 82.5 cm³/mol. The van der Waals surface area contributed by atoms with E-state index in [-0.39, 0.29) is 16.8 Å². The van der Waals surface area contributed by atoms with Crippen LogP contribution in [-0.2, 0) is 17.1 Å². The third kappa shape index (κ3) is 2.27. The van der Waals surface area contributed by atoms with Crippen LogP contribution in [0, 0.1) is 6.92 Å². The van der Waals surface area contributed by atoms with Gasteiger partial charge in [0.15, 0.2) is 5.82 Å². The fraction of sp³-hybridized carbons (Fsp3) is 0.462. The topological polar surface area (TPSA) is 81.2 Å². The standard InChI is InChI=1S/C13H18N4O2S2/c1-9-12(13(14)15-16(9)2)21(18,19)17-7-3-5-10(17)11-6-4-8-20-11/h4,6,8,10H,3,5,7H2,1-2H3,(H2,14,15). The molecular formula is C13H18N4O2S2. The zero-order chi connectivity index (χ0) is 15.2. The van der Waals surface area contributed by atoms with Gasteiger partial charge in [-0.05, 0) is 31.2 Å². The minimum Gasteiger partial charge on any atom is -0.381 e. The number of nitrogens with zero attached hydrogens (tertiary/aromatic N) is 3. The Morgan fingerprint density at radius 1 is 1.48 bits per heavy atom. The molecule has 1 atom stereocenters. The van der Waals surface area contributed by atoms with E-state index in [9.17, 15) is 8.42 Å². The van der Waals surface area contributed by atoms with Crippen molar-refractivity contribution in [3.8, 4) is 0 Å². The maximum Gasteiger partial charge on any atom is 0.249 e. The van der Waals surface area contributed by atoms with E-state index in [0.29, 0.717) is 12.2 Å². The van der Waals surface area contributed by atoms with E-state index in [1.807, 2.05) is 17.5 Å². The number of rotatable bonds is 3. The zero-order valence-corrected chi connectivity index (χ0v) is 13.6. The molecule has 6 nitrogen and oxygen atoms in total. The highest BCUT2D eigenvalue weighted by Gasteiger charge is 2.39. The summed E-state index contributed by atoms with van der Waals surface area (Å²) in [6.45, 7) is 2.26. The molecule has 1 unspecified atom stereocenters. The Balaban J connectivity index is 2.05. The normalized spacial score (nSPS) is 20.2. The van der Waals surface area contributed by atoms with Crippen molar-refractivity contribution < 1.29 is 8.42 Å². The Bertz CT molecular complexity index is 749. The second-order valence-electron chi connectivity index (χ2n) is 5.21. The molecule has 0 spiro atoms. The summed E-state index contributed by atoms with van der Waals surface area (Å²) in [5, 5.41) is 6.00. The number of nitrogens with two attached hydrogens (primary N) is 1. The number of hydrogen-bond acceptors (Lipinski definition) is 5. The van der Waals surface area contributed by atoms with Gasteiger partial charge in [0.05, 0.1) is 11.7 Å². The number of hydrogen-bond donors (Lipinski definition) is 1. The van der Waals surface area contributed by atoms with Crippen LogP contribution in [0.25, 0.3) is 0 Å². The highest BCUT2D eigenvalue weighted by atomic mass is 32.2. The monoisotopic (exact) mass is 326 g/mol. The van der Waals surface area contributed by atoms with E-state index >= 15 is 0 Å². The second-order valence-corrected chi connectivity index (χ2v) is 8.02. The van der Waals surface area contributed by atoms with Gasteiger partial charge in [-0.2, -0.15) is 9.40 Å². The lowest BCUT2D eigenvalue weighted by Crippen LogP contribution is -2.31. The van der Waals surface area contributed by atoms with Crippen LogP contribution in [0.3, 0.4) is 0 Å². The lowest BCUT2D eigenvalue weighted by atomic mass is 10.2. The molecule has 0 radical (unpaired) electrons. The van der Waals surface area contributed by atoms with Gasteiger partial charge >= 0.3 is 0 Å². The summed E-state index contributed by atoms with van der Waals surface area (Å²) in [6.07, 6.45) is 1.71. The SMILES string of the molecule is Cc1c(S(=O)(=O)N2CCCC2c2cccs2)c(N)nn1C. The van der Waals surface area contributed by atoms with Gasteiger partial charge in [0.2, 0.25) is 10.0 Å². The number of anilines is 1. The van der Waals surface area contributed by atoms with Gasteiger partial charge in [0.25, 0.3) is 0 Å². The van der Waals surface area contributed by atoms with Gasteiger partial charge in [-0.15, -0.1) is 11.3 Å². The molecule has 0 aliphatic carbocycles. The van der Waals surface area contributed by atoms with Crippen LogP contribution < -0.4 is 5.73 Å². The molecule has 0 amide bonds. The molecular weight excluding hydrogens is 308 g/mol. The molecule has 0 aromatic carbocycles.